The quantitative estimate of drug-likeness (QED) is 0.172. The van der Waals surface area contributed by atoms with Crippen LogP contribution in [0.4, 0.5) is 0 Å². The molecule has 0 unspecified atom stereocenters. The Morgan fingerprint density at radius 2 is 0.612 bits per heavy atom. The molecule has 4 heteroatoms. The largest absolute Gasteiger partial charge is 0.457 e. The highest BCUT2D eigenvalue weighted by Gasteiger charge is 2.13. The van der Waals surface area contributed by atoms with Crippen LogP contribution in [0.15, 0.2) is 176 Å². The molecule has 0 saturated heterocycles. The molecule has 0 spiro atoms. The van der Waals surface area contributed by atoms with Gasteiger partial charge in [-0.2, -0.15) is 0 Å². The van der Waals surface area contributed by atoms with E-state index >= 15 is 0 Å². The monoisotopic (exact) mass is 627 g/mol. The molecule has 4 nitrogen and oxygen atoms in total. The second kappa shape index (κ2) is 12.2. The molecule has 0 fully saturated rings. The Bertz CT molecular complexity index is 2510. The van der Waals surface area contributed by atoms with Crippen LogP contribution in [0, 0.1) is 0 Å². The third kappa shape index (κ3) is 5.45. The zero-order valence-corrected chi connectivity index (χ0v) is 26.5. The lowest BCUT2D eigenvalue weighted by Crippen LogP contribution is -2.00. The molecule has 9 rings (SSSR count). The molecule has 0 bridgehead atoms. The highest BCUT2D eigenvalue weighted by Crippen LogP contribution is 2.37. The van der Waals surface area contributed by atoms with Crippen LogP contribution in [0.1, 0.15) is 0 Å². The van der Waals surface area contributed by atoms with Gasteiger partial charge in [-0.25, -0.2) is 15.0 Å². The molecule has 1 heterocycles. The van der Waals surface area contributed by atoms with E-state index in [1.165, 1.54) is 37.9 Å². The minimum Gasteiger partial charge on any atom is -0.457 e. The molecular formula is C45H29N3O. The van der Waals surface area contributed by atoms with Crippen LogP contribution in [-0.4, -0.2) is 15.0 Å². The van der Waals surface area contributed by atoms with E-state index < -0.39 is 0 Å². The van der Waals surface area contributed by atoms with Crippen molar-refractivity contribution in [1.82, 2.24) is 15.0 Å². The van der Waals surface area contributed by atoms with Crippen molar-refractivity contribution in [2.24, 2.45) is 0 Å². The van der Waals surface area contributed by atoms with Crippen molar-refractivity contribution < 1.29 is 4.74 Å². The van der Waals surface area contributed by atoms with Crippen LogP contribution in [0.3, 0.4) is 0 Å². The van der Waals surface area contributed by atoms with Crippen molar-refractivity contribution >= 4 is 32.3 Å². The zero-order valence-electron chi connectivity index (χ0n) is 26.5. The van der Waals surface area contributed by atoms with E-state index in [-0.39, 0.29) is 0 Å². The highest BCUT2D eigenvalue weighted by atomic mass is 16.5. The molecule has 0 amide bonds. The molecule has 0 N–H and O–H groups in total. The summed E-state index contributed by atoms with van der Waals surface area (Å²) < 4.78 is 6.27. The number of nitrogens with zero attached hydrogens (tertiary/aromatic N) is 3. The van der Waals surface area contributed by atoms with Gasteiger partial charge in [-0.15, -0.1) is 0 Å². The van der Waals surface area contributed by atoms with Gasteiger partial charge in [-0.3, -0.25) is 0 Å². The number of rotatable bonds is 6. The molecule has 0 saturated carbocycles. The predicted octanol–water partition coefficient (Wildman–Crippen LogP) is 11.8. The van der Waals surface area contributed by atoms with E-state index in [4.69, 9.17) is 19.7 Å². The fraction of sp³-hybridized carbons (Fsp3) is 0. The number of hydrogen-bond acceptors (Lipinski definition) is 4. The Balaban J connectivity index is 0.992. The molecule has 9 aromatic rings. The Labute approximate surface area is 284 Å². The summed E-state index contributed by atoms with van der Waals surface area (Å²) in [6.45, 7) is 0. The van der Waals surface area contributed by atoms with Crippen molar-refractivity contribution in [2.75, 3.05) is 0 Å². The summed E-state index contributed by atoms with van der Waals surface area (Å²) in [7, 11) is 0. The molecule has 0 atom stereocenters. The lowest BCUT2D eigenvalue weighted by molar-refractivity contribution is 0.483. The number of hydrogen-bond donors (Lipinski definition) is 0. The van der Waals surface area contributed by atoms with E-state index in [9.17, 15) is 0 Å². The SMILES string of the molecule is c1ccc(-c2nc(-c3ccccc3)nc(-c3ccc(Oc4ccc(-c5ccc6c7ccccc7c7ccccc7c6c5)cc4)cc3)n2)cc1. The van der Waals surface area contributed by atoms with Gasteiger partial charge in [0.15, 0.2) is 17.5 Å². The highest BCUT2D eigenvalue weighted by molar-refractivity contribution is 6.25. The van der Waals surface area contributed by atoms with Crippen LogP contribution >= 0.6 is 0 Å². The Morgan fingerprint density at radius 1 is 0.265 bits per heavy atom. The average molecular weight is 628 g/mol. The first-order valence-corrected chi connectivity index (χ1v) is 16.4. The van der Waals surface area contributed by atoms with Crippen LogP contribution in [-0.2, 0) is 0 Å². The maximum absolute atomic E-state index is 6.27. The van der Waals surface area contributed by atoms with Crippen molar-refractivity contribution in [3.8, 4) is 56.8 Å². The minimum atomic E-state index is 0.611. The van der Waals surface area contributed by atoms with Crippen LogP contribution < -0.4 is 4.74 Å². The maximum atomic E-state index is 6.27. The summed E-state index contributed by atoms with van der Waals surface area (Å²) in [5, 5.41) is 7.65. The normalized spacial score (nSPS) is 11.3. The first kappa shape index (κ1) is 28.6. The molecule has 230 valence electrons. The van der Waals surface area contributed by atoms with Crippen LogP contribution in [0.5, 0.6) is 11.5 Å². The van der Waals surface area contributed by atoms with Crippen molar-refractivity contribution in [2.45, 2.75) is 0 Å². The Morgan fingerprint density at radius 3 is 1.08 bits per heavy atom. The van der Waals surface area contributed by atoms with Gasteiger partial charge in [0.1, 0.15) is 11.5 Å². The van der Waals surface area contributed by atoms with Gasteiger partial charge in [-0.05, 0) is 85.9 Å². The summed E-state index contributed by atoms with van der Waals surface area (Å²) in [5.74, 6) is 3.39. The number of fused-ring (bicyclic) bond motifs is 6. The molecule has 49 heavy (non-hydrogen) atoms. The van der Waals surface area contributed by atoms with Crippen molar-refractivity contribution in [1.29, 1.82) is 0 Å². The van der Waals surface area contributed by atoms with Gasteiger partial charge < -0.3 is 4.74 Å². The van der Waals surface area contributed by atoms with E-state index in [0.717, 1.165) is 33.8 Å². The molecule has 0 aliphatic heterocycles. The van der Waals surface area contributed by atoms with Gasteiger partial charge in [0.25, 0.3) is 0 Å². The average Bonchev–Trinajstić information content (AvgIpc) is 3.19. The van der Waals surface area contributed by atoms with E-state index in [1.807, 2.05) is 97.1 Å². The fourth-order valence-corrected chi connectivity index (χ4v) is 6.55. The van der Waals surface area contributed by atoms with Crippen LogP contribution in [0.2, 0.25) is 0 Å². The predicted molar refractivity (Wildman–Crippen MR) is 201 cm³/mol. The van der Waals surface area contributed by atoms with Gasteiger partial charge in [-0.1, -0.05) is 133 Å². The summed E-state index contributed by atoms with van der Waals surface area (Å²) in [5.41, 5.74) is 5.08. The smallest absolute Gasteiger partial charge is 0.164 e. The summed E-state index contributed by atoms with van der Waals surface area (Å²) in [4.78, 5) is 14.5. The molecular weight excluding hydrogens is 599 g/mol. The number of benzene rings is 8. The lowest BCUT2D eigenvalue weighted by Gasteiger charge is -2.12. The third-order valence-electron chi connectivity index (χ3n) is 8.98. The molecule has 0 aliphatic rings. The minimum absolute atomic E-state index is 0.611. The standard InChI is InChI=1S/C45H29N3O/c1-3-11-31(12-4-1)43-46-44(32-13-5-2-6-14-32)48-45(47-43)33-21-26-36(27-22-33)49-35-24-19-30(20-25-35)34-23-28-41-39-17-8-7-15-37(39)38-16-9-10-18-40(38)42(41)29-34/h1-29H. The third-order valence-corrected chi connectivity index (χ3v) is 8.98. The first-order valence-electron chi connectivity index (χ1n) is 16.4. The van der Waals surface area contributed by atoms with Gasteiger partial charge in [0, 0.05) is 16.7 Å². The summed E-state index contributed by atoms with van der Waals surface area (Å²) in [6, 6.07) is 60.3. The summed E-state index contributed by atoms with van der Waals surface area (Å²) in [6.07, 6.45) is 0. The Hall–Kier alpha value is -6.65. The fourth-order valence-electron chi connectivity index (χ4n) is 6.55. The molecule has 0 radical (unpaired) electrons. The van der Waals surface area contributed by atoms with E-state index in [0.29, 0.717) is 17.5 Å². The summed E-state index contributed by atoms with van der Waals surface area (Å²) >= 11 is 0. The first-order chi connectivity index (χ1) is 24.3. The Kier molecular flexibility index (Phi) is 7.10. The molecule has 0 aliphatic carbocycles. The topological polar surface area (TPSA) is 47.9 Å². The van der Waals surface area contributed by atoms with Crippen LogP contribution in [0.25, 0.3) is 77.6 Å². The molecule has 1 aromatic heterocycles. The molecule has 8 aromatic carbocycles. The van der Waals surface area contributed by atoms with Gasteiger partial charge in [0.05, 0.1) is 0 Å². The number of ether oxygens (including phenoxy) is 1. The van der Waals surface area contributed by atoms with E-state index in [2.05, 4.69) is 78.9 Å². The van der Waals surface area contributed by atoms with E-state index in [1.54, 1.807) is 0 Å². The van der Waals surface area contributed by atoms with Crippen molar-refractivity contribution in [3.05, 3.63) is 176 Å². The second-order valence-corrected chi connectivity index (χ2v) is 12.0. The van der Waals surface area contributed by atoms with Gasteiger partial charge in [0.2, 0.25) is 0 Å². The van der Waals surface area contributed by atoms with Crippen molar-refractivity contribution in [3.63, 3.8) is 0 Å². The lowest BCUT2D eigenvalue weighted by atomic mass is 9.92. The zero-order chi connectivity index (χ0) is 32.6. The number of aromatic nitrogens is 3. The van der Waals surface area contributed by atoms with Gasteiger partial charge >= 0.3 is 0 Å². The maximum Gasteiger partial charge on any atom is 0.164 e. The second-order valence-electron chi connectivity index (χ2n) is 12.0.